The fraction of sp³-hybridized carbons (Fsp3) is 0.750. The molecule has 2 saturated heterocycles. The molecular weight excluding hydrogens is 170 g/mol. The third-order valence-corrected chi connectivity index (χ3v) is 2.73. The molecule has 3 unspecified atom stereocenters. The zero-order valence-corrected chi connectivity index (χ0v) is 7.49. The van der Waals surface area contributed by atoms with Crippen molar-refractivity contribution in [2.75, 3.05) is 6.54 Å². The van der Waals surface area contributed by atoms with Crippen LogP contribution in [-0.2, 0) is 9.59 Å². The molecule has 2 aliphatic heterocycles. The van der Waals surface area contributed by atoms with Crippen molar-refractivity contribution in [3.8, 4) is 0 Å². The first kappa shape index (κ1) is 8.50. The predicted molar refractivity (Wildman–Crippen MR) is 45.7 cm³/mol. The van der Waals surface area contributed by atoms with Crippen LogP contribution in [-0.4, -0.2) is 41.4 Å². The number of hydrogen-bond donors (Lipinski definition) is 2. The van der Waals surface area contributed by atoms with E-state index in [-0.39, 0.29) is 17.9 Å². The van der Waals surface area contributed by atoms with Crippen molar-refractivity contribution in [2.24, 2.45) is 5.73 Å². The standard InChI is InChI=1S/C8H13N3O2/c1-4-8(13)11-3-2-5(9)6(11)7(12)10-4/h4-6H,2-3,9H2,1H3,(H,10,12). The van der Waals surface area contributed by atoms with Gasteiger partial charge in [0.15, 0.2) is 0 Å². The first-order chi connectivity index (χ1) is 6.11. The third kappa shape index (κ3) is 1.11. The molecule has 0 radical (unpaired) electrons. The van der Waals surface area contributed by atoms with E-state index in [2.05, 4.69) is 5.32 Å². The van der Waals surface area contributed by atoms with E-state index < -0.39 is 12.1 Å². The number of amides is 2. The summed E-state index contributed by atoms with van der Waals surface area (Å²) in [6, 6.07) is -1.02. The van der Waals surface area contributed by atoms with E-state index in [1.807, 2.05) is 0 Å². The Labute approximate surface area is 76.3 Å². The van der Waals surface area contributed by atoms with Crippen LogP contribution in [0.2, 0.25) is 0 Å². The smallest absolute Gasteiger partial charge is 0.245 e. The minimum Gasteiger partial charge on any atom is -0.343 e. The molecule has 0 saturated carbocycles. The predicted octanol–water partition coefficient (Wildman–Crippen LogP) is -1.57. The summed E-state index contributed by atoms with van der Waals surface area (Å²) < 4.78 is 0. The zero-order chi connectivity index (χ0) is 9.59. The molecule has 0 aromatic rings. The Bertz CT molecular complexity index is 266. The Balaban J connectivity index is 2.26. The second-order valence-corrected chi connectivity index (χ2v) is 3.66. The maximum atomic E-state index is 11.6. The van der Waals surface area contributed by atoms with E-state index >= 15 is 0 Å². The van der Waals surface area contributed by atoms with Gasteiger partial charge in [-0.15, -0.1) is 0 Å². The highest BCUT2D eigenvalue weighted by molar-refractivity contribution is 5.97. The van der Waals surface area contributed by atoms with Crippen LogP contribution in [0.4, 0.5) is 0 Å². The number of piperazine rings is 1. The van der Waals surface area contributed by atoms with Crippen molar-refractivity contribution in [1.82, 2.24) is 10.2 Å². The van der Waals surface area contributed by atoms with Gasteiger partial charge in [0, 0.05) is 12.6 Å². The molecule has 0 spiro atoms. The number of fused-ring (bicyclic) bond motifs is 1. The largest absolute Gasteiger partial charge is 0.343 e. The summed E-state index contributed by atoms with van der Waals surface area (Å²) in [5, 5.41) is 2.62. The van der Waals surface area contributed by atoms with Crippen LogP contribution in [0.15, 0.2) is 0 Å². The first-order valence-corrected chi connectivity index (χ1v) is 4.47. The van der Waals surface area contributed by atoms with Crippen LogP contribution >= 0.6 is 0 Å². The van der Waals surface area contributed by atoms with Gasteiger partial charge in [-0.2, -0.15) is 0 Å². The van der Waals surface area contributed by atoms with Crippen LogP contribution in [0, 0.1) is 0 Å². The molecule has 2 rings (SSSR count). The van der Waals surface area contributed by atoms with E-state index in [0.29, 0.717) is 6.54 Å². The molecule has 0 bridgehead atoms. The normalized spacial score (nSPS) is 38.9. The molecule has 3 atom stereocenters. The van der Waals surface area contributed by atoms with Crippen molar-refractivity contribution < 1.29 is 9.59 Å². The highest BCUT2D eigenvalue weighted by Gasteiger charge is 2.45. The molecule has 13 heavy (non-hydrogen) atoms. The molecule has 2 heterocycles. The lowest BCUT2D eigenvalue weighted by Gasteiger charge is -2.34. The molecule has 0 aliphatic carbocycles. The first-order valence-electron chi connectivity index (χ1n) is 4.47. The second kappa shape index (κ2) is 2.70. The van der Waals surface area contributed by atoms with E-state index in [9.17, 15) is 9.59 Å². The lowest BCUT2D eigenvalue weighted by molar-refractivity contribution is -0.146. The molecule has 5 heteroatoms. The molecule has 0 aromatic carbocycles. The lowest BCUT2D eigenvalue weighted by Crippen LogP contribution is -2.63. The monoisotopic (exact) mass is 183 g/mol. The molecule has 72 valence electrons. The van der Waals surface area contributed by atoms with Crippen LogP contribution < -0.4 is 11.1 Å². The van der Waals surface area contributed by atoms with Gasteiger partial charge in [0.2, 0.25) is 11.8 Å². The Morgan fingerprint density at radius 3 is 2.92 bits per heavy atom. The van der Waals surface area contributed by atoms with Crippen molar-refractivity contribution >= 4 is 11.8 Å². The summed E-state index contributed by atoms with van der Waals surface area (Å²) in [5.41, 5.74) is 5.73. The van der Waals surface area contributed by atoms with Gasteiger partial charge in [-0.05, 0) is 13.3 Å². The summed E-state index contributed by atoms with van der Waals surface area (Å²) in [7, 11) is 0. The Morgan fingerprint density at radius 2 is 2.23 bits per heavy atom. The second-order valence-electron chi connectivity index (χ2n) is 3.66. The van der Waals surface area contributed by atoms with Gasteiger partial charge in [-0.1, -0.05) is 0 Å². The lowest BCUT2D eigenvalue weighted by atomic mass is 10.1. The highest BCUT2D eigenvalue weighted by Crippen LogP contribution is 2.20. The van der Waals surface area contributed by atoms with Gasteiger partial charge >= 0.3 is 0 Å². The Hall–Kier alpha value is -1.10. The van der Waals surface area contributed by atoms with Gasteiger partial charge in [0.25, 0.3) is 0 Å². The number of nitrogens with two attached hydrogens (primary N) is 1. The highest BCUT2D eigenvalue weighted by atomic mass is 16.2. The van der Waals surface area contributed by atoms with Gasteiger partial charge < -0.3 is 16.0 Å². The number of nitrogens with one attached hydrogen (secondary N) is 1. The van der Waals surface area contributed by atoms with Crippen LogP contribution in [0.3, 0.4) is 0 Å². The fourth-order valence-electron chi connectivity index (χ4n) is 2.01. The Morgan fingerprint density at radius 1 is 1.54 bits per heavy atom. The van der Waals surface area contributed by atoms with Crippen LogP contribution in [0.25, 0.3) is 0 Å². The minimum atomic E-state index is -0.427. The Kier molecular flexibility index (Phi) is 1.76. The summed E-state index contributed by atoms with van der Waals surface area (Å²) in [6.45, 7) is 2.31. The summed E-state index contributed by atoms with van der Waals surface area (Å²) in [6.07, 6.45) is 0.719. The summed E-state index contributed by atoms with van der Waals surface area (Å²) in [4.78, 5) is 24.6. The van der Waals surface area contributed by atoms with Gasteiger partial charge in [0.05, 0.1) is 0 Å². The number of carbonyl (C=O) groups excluding carboxylic acids is 2. The maximum absolute atomic E-state index is 11.6. The summed E-state index contributed by atoms with van der Waals surface area (Å²) in [5.74, 6) is -0.130. The number of hydrogen-bond acceptors (Lipinski definition) is 3. The maximum Gasteiger partial charge on any atom is 0.245 e. The van der Waals surface area contributed by atoms with Gasteiger partial charge in [-0.25, -0.2) is 0 Å². The molecule has 2 fully saturated rings. The SMILES string of the molecule is CC1NC(=O)C2C(N)CCN2C1=O. The molecule has 5 nitrogen and oxygen atoms in total. The average molecular weight is 183 g/mol. The van der Waals surface area contributed by atoms with E-state index in [1.54, 1.807) is 11.8 Å². The molecule has 2 amide bonds. The van der Waals surface area contributed by atoms with Crippen molar-refractivity contribution in [3.05, 3.63) is 0 Å². The van der Waals surface area contributed by atoms with Crippen LogP contribution in [0.1, 0.15) is 13.3 Å². The average Bonchev–Trinajstić information content (AvgIpc) is 2.44. The van der Waals surface area contributed by atoms with E-state index in [1.165, 1.54) is 0 Å². The molecule has 3 N–H and O–H groups in total. The topological polar surface area (TPSA) is 75.4 Å². The number of rotatable bonds is 0. The zero-order valence-electron chi connectivity index (χ0n) is 7.49. The van der Waals surface area contributed by atoms with Crippen LogP contribution in [0.5, 0.6) is 0 Å². The number of nitrogens with zero attached hydrogens (tertiary/aromatic N) is 1. The van der Waals surface area contributed by atoms with E-state index in [4.69, 9.17) is 5.73 Å². The van der Waals surface area contributed by atoms with Crippen molar-refractivity contribution in [2.45, 2.75) is 31.5 Å². The van der Waals surface area contributed by atoms with Gasteiger partial charge in [0.1, 0.15) is 12.1 Å². The molecular formula is C8H13N3O2. The van der Waals surface area contributed by atoms with Crippen molar-refractivity contribution in [1.29, 1.82) is 0 Å². The molecule has 0 aromatic heterocycles. The van der Waals surface area contributed by atoms with Gasteiger partial charge in [-0.3, -0.25) is 9.59 Å². The van der Waals surface area contributed by atoms with Crippen molar-refractivity contribution in [3.63, 3.8) is 0 Å². The summed E-state index contributed by atoms with van der Waals surface area (Å²) >= 11 is 0. The quantitative estimate of drug-likeness (QED) is 0.476. The van der Waals surface area contributed by atoms with E-state index in [0.717, 1.165) is 6.42 Å². The minimum absolute atomic E-state index is 0.0162. The number of carbonyl (C=O) groups is 2. The third-order valence-electron chi connectivity index (χ3n) is 2.73. The molecule has 2 aliphatic rings. The fourth-order valence-corrected chi connectivity index (χ4v) is 2.01.